The molecule has 2 N–H and O–H groups in total. The molecule has 0 fully saturated rings. The van der Waals surface area contributed by atoms with Crippen LogP contribution in [0.15, 0.2) is 40.1 Å². The van der Waals surface area contributed by atoms with Gasteiger partial charge in [0.15, 0.2) is 11.5 Å². The standard InChI is InChI=1S/C15H15N3O5/c19-13-3-4-18(15(21)17-13)9-14(20)16-8-10-1-2-11-12(7-10)23-6-5-22-11/h1-4,7H,5-6,8-9H2,(H,16,20)(H,17,19,21). The first-order valence-corrected chi connectivity index (χ1v) is 7.07. The number of aromatic amines is 1. The van der Waals surface area contributed by atoms with Gasteiger partial charge in [0.05, 0.1) is 0 Å². The SMILES string of the molecule is O=C(Cn1ccc(=O)[nH]c1=O)NCc1ccc2c(c1)OCCO2. The molecule has 0 saturated heterocycles. The van der Waals surface area contributed by atoms with E-state index >= 15 is 0 Å². The summed E-state index contributed by atoms with van der Waals surface area (Å²) in [6, 6.07) is 6.62. The van der Waals surface area contributed by atoms with E-state index in [2.05, 4.69) is 10.3 Å². The maximum absolute atomic E-state index is 11.9. The average Bonchev–Trinajstić information content (AvgIpc) is 2.55. The topological polar surface area (TPSA) is 102 Å². The highest BCUT2D eigenvalue weighted by Gasteiger charge is 2.12. The predicted octanol–water partition coefficient (Wildman–Crippen LogP) is -0.376. The van der Waals surface area contributed by atoms with Gasteiger partial charge in [-0.15, -0.1) is 0 Å². The predicted molar refractivity (Wildman–Crippen MR) is 80.6 cm³/mol. The Morgan fingerprint density at radius 3 is 2.74 bits per heavy atom. The summed E-state index contributed by atoms with van der Waals surface area (Å²) < 4.78 is 12.0. The maximum Gasteiger partial charge on any atom is 0.328 e. The number of nitrogens with zero attached hydrogens (tertiary/aromatic N) is 1. The van der Waals surface area contributed by atoms with Crippen LogP contribution >= 0.6 is 0 Å². The number of carbonyl (C=O) groups is 1. The number of aromatic nitrogens is 2. The molecule has 1 aromatic carbocycles. The Morgan fingerprint density at radius 2 is 1.96 bits per heavy atom. The third kappa shape index (κ3) is 3.60. The third-order valence-corrected chi connectivity index (χ3v) is 3.31. The van der Waals surface area contributed by atoms with E-state index in [4.69, 9.17) is 9.47 Å². The summed E-state index contributed by atoms with van der Waals surface area (Å²) in [6.07, 6.45) is 1.28. The zero-order valence-corrected chi connectivity index (χ0v) is 12.2. The summed E-state index contributed by atoms with van der Waals surface area (Å²) in [7, 11) is 0. The second-order valence-electron chi connectivity index (χ2n) is 4.99. The van der Waals surface area contributed by atoms with E-state index in [1.165, 1.54) is 12.3 Å². The lowest BCUT2D eigenvalue weighted by Gasteiger charge is -2.19. The van der Waals surface area contributed by atoms with Crippen molar-refractivity contribution in [2.24, 2.45) is 0 Å². The van der Waals surface area contributed by atoms with Crippen LogP contribution in [0.5, 0.6) is 11.5 Å². The molecule has 23 heavy (non-hydrogen) atoms. The number of hydrogen-bond acceptors (Lipinski definition) is 5. The molecular weight excluding hydrogens is 302 g/mol. The first kappa shape index (κ1) is 14.9. The number of fused-ring (bicyclic) bond motifs is 1. The zero-order chi connectivity index (χ0) is 16.2. The van der Waals surface area contributed by atoms with Crippen molar-refractivity contribution in [3.8, 4) is 11.5 Å². The van der Waals surface area contributed by atoms with E-state index in [1.54, 1.807) is 12.1 Å². The highest BCUT2D eigenvalue weighted by Crippen LogP contribution is 2.30. The van der Waals surface area contributed by atoms with E-state index in [1.807, 2.05) is 6.07 Å². The Hall–Kier alpha value is -3.03. The number of carbonyl (C=O) groups excluding carboxylic acids is 1. The smallest absolute Gasteiger partial charge is 0.328 e. The van der Waals surface area contributed by atoms with Gasteiger partial charge in [-0.3, -0.25) is 19.1 Å². The van der Waals surface area contributed by atoms with Crippen LogP contribution in [0.4, 0.5) is 0 Å². The highest BCUT2D eigenvalue weighted by molar-refractivity contribution is 5.75. The largest absolute Gasteiger partial charge is 0.486 e. The monoisotopic (exact) mass is 317 g/mol. The van der Waals surface area contributed by atoms with E-state index < -0.39 is 11.2 Å². The molecule has 0 aliphatic carbocycles. The number of hydrogen-bond donors (Lipinski definition) is 2. The Kier molecular flexibility index (Phi) is 4.13. The van der Waals surface area contributed by atoms with E-state index in [-0.39, 0.29) is 12.5 Å². The molecular formula is C15H15N3O5. The molecule has 0 radical (unpaired) electrons. The molecule has 0 atom stereocenters. The number of H-pyrrole nitrogens is 1. The number of amides is 1. The lowest BCUT2D eigenvalue weighted by Crippen LogP contribution is -2.35. The van der Waals surface area contributed by atoms with Crippen LogP contribution in [0.1, 0.15) is 5.56 Å². The molecule has 120 valence electrons. The van der Waals surface area contributed by atoms with Gasteiger partial charge < -0.3 is 14.8 Å². The minimum Gasteiger partial charge on any atom is -0.486 e. The molecule has 0 unspecified atom stereocenters. The second kappa shape index (κ2) is 6.39. The molecule has 2 aromatic rings. The van der Waals surface area contributed by atoms with Crippen molar-refractivity contribution >= 4 is 5.91 Å². The summed E-state index contributed by atoms with van der Waals surface area (Å²) in [5.41, 5.74) is -0.258. The van der Waals surface area contributed by atoms with Crippen molar-refractivity contribution in [3.05, 3.63) is 56.9 Å². The average molecular weight is 317 g/mol. The minimum absolute atomic E-state index is 0.167. The Balaban J connectivity index is 1.60. The van der Waals surface area contributed by atoms with Gasteiger partial charge >= 0.3 is 5.69 Å². The summed E-state index contributed by atoms with van der Waals surface area (Å²) in [4.78, 5) is 36.5. The van der Waals surface area contributed by atoms with Crippen molar-refractivity contribution in [3.63, 3.8) is 0 Å². The van der Waals surface area contributed by atoms with E-state index in [0.717, 1.165) is 10.1 Å². The van der Waals surface area contributed by atoms with Crippen LogP contribution in [-0.2, 0) is 17.9 Å². The van der Waals surface area contributed by atoms with Crippen LogP contribution in [0, 0.1) is 0 Å². The second-order valence-corrected chi connectivity index (χ2v) is 4.99. The van der Waals surface area contributed by atoms with Gasteiger partial charge in [0.1, 0.15) is 19.8 Å². The lowest BCUT2D eigenvalue weighted by atomic mass is 10.2. The van der Waals surface area contributed by atoms with Gasteiger partial charge in [-0.05, 0) is 17.7 Å². The summed E-state index contributed by atoms with van der Waals surface area (Å²) in [5.74, 6) is 1.00. The molecule has 8 nitrogen and oxygen atoms in total. The Morgan fingerprint density at radius 1 is 1.17 bits per heavy atom. The summed E-state index contributed by atoms with van der Waals surface area (Å²) in [6.45, 7) is 1.16. The number of rotatable bonds is 4. The van der Waals surface area contributed by atoms with Crippen LogP contribution in [0.3, 0.4) is 0 Å². The van der Waals surface area contributed by atoms with Gasteiger partial charge in [-0.2, -0.15) is 0 Å². The number of ether oxygens (including phenoxy) is 2. The molecule has 0 spiro atoms. The fraction of sp³-hybridized carbons (Fsp3) is 0.267. The normalized spacial score (nSPS) is 12.7. The van der Waals surface area contributed by atoms with Crippen molar-refractivity contribution in [2.75, 3.05) is 13.2 Å². The molecule has 3 rings (SSSR count). The van der Waals surface area contributed by atoms with Crippen LogP contribution in [-0.4, -0.2) is 28.7 Å². The molecule has 8 heteroatoms. The van der Waals surface area contributed by atoms with Crippen LogP contribution in [0.2, 0.25) is 0 Å². The molecule has 2 heterocycles. The Labute approximate surface area is 130 Å². The highest BCUT2D eigenvalue weighted by atomic mass is 16.6. The van der Waals surface area contributed by atoms with Crippen molar-refractivity contribution in [1.82, 2.24) is 14.9 Å². The van der Waals surface area contributed by atoms with Crippen LogP contribution in [0.25, 0.3) is 0 Å². The maximum atomic E-state index is 11.9. The lowest BCUT2D eigenvalue weighted by molar-refractivity contribution is -0.121. The van der Waals surface area contributed by atoms with Crippen molar-refractivity contribution < 1.29 is 14.3 Å². The molecule has 0 bridgehead atoms. The fourth-order valence-electron chi connectivity index (χ4n) is 2.18. The van der Waals surface area contributed by atoms with Gasteiger partial charge in [0.2, 0.25) is 5.91 Å². The van der Waals surface area contributed by atoms with Gasteiger partial charge in [0.25, 0.3) is 5.56 Å². The van der Waals surface area contributed by atoms with Crippen molar-refractivity contribution in [2.45, 2.75) is 13.1 Å². The summed E-state index contributed by atoms with van der Waals surface area (Å²) in [5, 5.41) is 2.71. The quantitative estimate of drug-likeness (QED) is 0.800. The zero-order valence-electron chi connectivity index (χ0n) is 12.2. The third-order valence-electron chi connectivity index (χ3n) is 3.31. The number of nitrogens with one attached hydrogen (secondary N) is 2. The van der Waals surface area contributed by atoms with Gasteiger partial charge in [0, 0.05) is 18.8 Å². The molecule has 1 aliphatic heterocycles. The van der Waals surface area contributed by atoms with Crippen LogP contribution < -0.4 is 26.0 Å². The fourth-order valence-corrected chi connectivity index (χ4v) is 2.18. The minimum atomic E-state index is -0.619. The Bertz CT molecular complexity index is 839. The van der Waals surface area contributed by atoms with E-state index in [0.29, 0.717) is 31.3 Å². The van der Waals surface area contributed by atoms with Gasteiger partial charge in [-0.1, -0.05) is 6.07 Å². The van der Waals surface area contributed by atoms with Crippen molar-refractivity contribution in [1.29, 1.82) is 0 Å². The first-order valence-electron chi connectivity index (χ1n) is 7.07. The first-order chi connectivity index (χ1) is 11.1. The summed E-state index contributed by atoms with van der Waals surface area (Å²) >= 11 is 0. The molecule has 1 aromatic heterocycles. The van der Waals surface area contributed by atoms with E-state index in [9.17, 15) is 14.4 Å². The molecule has 1 amide bonds. The molecule has 1 aliphatic rings. The number of benzene rings is 1. The van der Waals surface area contributed by atoms with Gasteiger partial charge in [-0.25, -0.2) is 4.79 Å². The molecule has 0 saturated carbocycles.